The first-order chi connectivity index (χ1) is 9.96. The summed E-state index contributed by atoms with van der Waals surface area (Å²) in [7, 11) is 2.83. The van der Waals surface area contributed by atoms with Gasteiger partial charge < -0.3 is 25.3 Å². The Morgan fingerprint density at radius 1 is 1.33 bits per heavy atom. The Bertz CT molecular complexity index is 515. The fraction of sp³-hybridized carbons (Fsp3) is 0.538. The van der Waals surface area contributed by atoms with E-state index >= 15 is 0 Å². The molecule has 0 saturated heterocycles. The number of esters is 2. The lowest BCUT2D eigenvalue weighted by Crippen LogP contribution is -2.21. The molecule has 21 heavy (non-hydrogen) atoms. The van der Waals surface area contributed by atoms with Crippen molar-refractivity contribution in [3.05, 3.63) is 10.4 Å². The fourth-order valence-corrected chi connectivity index (χ4v) is 2.85. The smallest absolute Gasteiger partial charge is 0.350 e. The molecule has 1 aromatic rings. The molecule has 0 fully saturated rings. The molecule has 1 atom stereocenters. The molecule has 0 saturated carbocycles. The number of hydrogen-bond donors (Lipinski definition) is 2. The Morgan fingerprint density at radius 3 is 2.52 bits per heavy atom. The highest BCUT2D eigenvalue weighted by Crippen LogP contribution is 2.37. The standard InChI is InChI=1S/C13H20N2O5S/c1-5-20-12(16)8-9(14)10(13(17)19-4)21-11(8)15-7(2)6-18-3/h7,15H,5-6,14H2,1-4H3. The largest absolute Gasteiger partial charge is 0.465 e. The lowest BCUT2D eigenvalue weighted by atomic mass is 10.2. The highest BCUT2D eigenvalue weighted by atomic mass is 32.1. The number of thiophene rings is 1. The van der Waals surface area contributed by atoms with Gasteiger partial charge in [0.1, 0.15) is 15.4 Å². The van der Waals surface area contributed by atoms with Crippen LogP contribution in [-0.4, -0.2) is 45.4 Å². The molecule has 0 amide bonds. The normalized spacial score (nSPS) is 11.8. The minimum absolute atomic E-state index is 0.0632. The molecule has 118 valence electrons. The van der Waals surface area contributed by atoms with E-state index < -0.39 is 11.9 Å². The van der Waals surface area contributed by atoms with Gasteiger partial charge in [0.2, 0.25) is 0 Å². The first kappa shape index (κ1) is 17.3. The summed E-state index contributed by atoms with van der Waals surface area (Å²) in [6.07, 6.45) is 0. The number of nitrogen functional groups attached to an aromatic ring is 1. The zero-order valence-corrected chi connectivity index (χ0v) is 13.3. The van der Waals surface area contributed by atoms with E-state index in [0.717, 1.165) is 11.3 Å². The molecule has 7 nitrogen and oxygen atoms in total. The van der Waals surface area contributed by atoms with Gasteiger partial charge in [0.25, 0.3) is 0 Å². The van der Waals surface area contributed by atoms with E-state index in [1.165, 1.54) is 7.11 Å². The van der Waals surface area contributed by atoms with Crippen molar-refractivity contribution >= 4 is 34.0 Å². The molecule has 1 unspecified atom stereocenters. The number of ether oxygens (including phenoxy) is 3. The van der Waals surface area contributed by atoms with Crippen LogP contribution < -0.4 is 11.1 Å². The maximum atomic E-state index is 12.0. The number of carbonyl (C=O) groups excluding carboxylic acids is 2. The van der Waals surface area contributed by atoms with Crippen molar-refractivity contribution in [1.82, 2.24) is 0 Å². The molecule has 0 radical (unpaired) electrons. The minimum atomic E-state index is -0.588. The van der Waals surface area contributed by atoms with Gasteiger partial charge in [-0.25, -0.2) is 9.59 Å². The molecular formula is C13H20N2O5S. The summed E-state index contributed by atoms with van der Waals surface area (Å²) in [5.74, 6) is -1.16. The number of rotatable bonds is 7. The second-order valence-corrected chi connectivity index (χ2v) is 5.28. The molecule has 1 rings (SSSR count). The first-order valence-electron chi connectivity index (χ1n) is 6.39. The minimum Gasteiger partial charge on any atom is -0.465 e. The Hall–Kier alpha value is -1.80. The number of methoxy groups -OCH3 is 2. The molecule has 0 aromatic carbocycles. The molecule has 0 bridgehead atoms. The van der Waals surface area contributed by atoms with Gasteiger partial charge in [-0.2, -0.15) is 0 Å². The summed E-state index contributed by atoms with van der Waals surface area (Å²) in [5.41, 5.74) is 6.12. The van der Waals surface area contributed by atoms with Crippen LogP contribution in [0.3, 0.4) is 0 Å². The summed E-state index contributed by atoms with van der Waals surface area (Å²) in [6, 6.07) is -0.0632. The Labute approximate surface area is 127 Å². The van der Waals surface area contributed by atoms with Gasteiger partial charge in [-0.15, -0.1) is 11.3 Å². The van der Waals surface area contributed by atoms with Gasteiger partial charge in [0.05, 0.1) is 26.0 Å². The molecule has 0 aliphatic heterocycles. The van der Waals surface area contributed by atoms with E-state index in [1.807, 2.05) is 6.92 Å². The van der Waals surface area contributed by atoms with E-state index in [2.05, 4.69) is 10.1 Å². The summed E-state index contributed by atoms with van der Waals surface area (Å²) < 4.78 is 14.7. The predicted molar refractivity (Wildman–Crippen MR) is 81.0 cm³/mol. The Balaban J connectivity index is 3.19. The van der Waals surface area contributed by atoms with Crippen LogP contribution in [0.15, 0.2) is 0 Å². The molecule has 0 aliphatic rings. The quantitative estimate of drug-likeness (QED) is 0.739. The molecule has 0 spiro atoms. The van der Waals surface area contributed by atoms with Gasteiger partial charge in [-0.1, -0.05) is 0 Å². The Morgan fingerprint density at radius 2 is 2.00 bits per heavy atom. The van der Waals surface area contributed by atoms with E-state index in [1.54, 1.807) is 14.0 Å². The second kappa shape index (κ2) is 7.84. The maximum absolute atomic E-state index is 12.0. The third kappa shape index (κ3) is 4.08. The van der Waals surface area contributed by atoms with E-state index in [-0.39, 0.29) is 28.8 Å². The van der Waals surface area contributed by atoms with Gasteiger partial charge in [-0.3, -0.25) is 0 Å². The third-order valence-corrected chi connectivity index (χ3v) is 3.71. The first-order valence-corrected chi connectivity index (χ1v) is 7.21. The van der Waals surface area contributed by atoms with Crippen LogP contribution in [0, 0.1) is 0 Å². The lowest BCUT2D eigenvalue weighted by molar-refractivity contribution is 0.0529. The van der Waals surface area contributed by atoms with Crippen molar-refractivity contribution in [1.29, 1.82) is 0 Å². The molecule has 3 N–H and O–H groups in total. The summed E-state index contributed by atoms with van der Waals surface area (Å²) in [4.78, 5) is 23.9. The second-order valence-electron chi connectivity index (χ2n) is 4.26. The van der Waals surface area contributed by atoms with Crippen molar-refractivity contribution in [3.8, 4) is 0 Å². The number of hydrogen-bond acceptors (Lipinski definition) is 8. The number of carbonyl (C=O) groups is 2. The average molecular weight is 316 g/mol. The average Bonchev–Trinajstić information content (AvgIpc) is 2.75. The van der Waals surface area contributed by atoms with Gasteiger partial charge in [0, 0.05) is 13.2 Å². The predicted octanol–water partition coefficient (Wildman–Crippen LogP) is 1.74. The van der Waals surface area contributed by atoms with Crippen molar-refractivity contribution in [2.45, 2.75) is 19.9 Å². The van der Waals surface area contributed by atoms with Crippen molar-refractivity contribution < 1.29 is 23.8 Å². The van der Waals surface area contributed by atoms with Crippen LogP contribution >= 0.6 is 11.3 Å². The van der Waals surface area contributed by atoms with Crippen molar-refractivity contribution in [3.63, 3.8) is 0 Å². The molecule has 0 aliphatic carbocycles. The summed E-state index contributed by atoms with van der Waals surface area (Å²) >= 11 is 1.06. The van der Waals surface area contributed by atoms with Crippen LogP contribution in [-0.2, 0) is 14.2 Å². The molecule has 1 aromatic heterocycles. The van der Waals surface area contributed by atoms with Gasteiger partial charge in [0.15, 0.2) is 0 Å². The molecular weight excluding hydrogens is 296 g/mol. The van der Waals surface area contributed by atoms with E-state index in [9.17, 15) is 9.59 Å². The van der Waals surface area contributed by atoms with Crippen LogP contribution in [0.4, 0.5) is 10.7 Å². The number of nitrogens with one attached hydrogen (secondary N) is 1. The van der Waals surface area contributed by atoms with Gasteiger partial charge >= 0.3 is 11.9 Å². The zero-order chi connectivity index (χ0) is 16.0. The highest BCUT2D eigenvalue weighted by molar-refractivity contribution is 7.19. The van der Waals surface area contributed by atoms with E-state index in [4.69, 9.17) is 15.2 Å². The van der Waals surface area contributed by atoms with Crippen LogP contribution in [0.1, 0.15) is 33.9 Å². The lowest BCUT2D eigenvalue weighted by Gasteiger charge is -2.13. The SMILES string of the molecule is CCOC(=O)c1c(NC(C)COC)sc(C(=O)OC)c1N. The highest BCUT2D eigenvalue weighted by Gasteiger charge is 2.27. The van der Waals surface area contributed by atoms with Crippen molar-refractivity contribution in [2.24, 2.45) is 0 Å². The van der Waals surface area contributed by atoms with Gasteiger partial charge in [-0.05, 0) is 13.8 Å². The number of nitrogens with two attached hydrogens (primary N) is 1. The fourth-order valence-electron chi connectivity index (χ4n) is 1.71. The topological polar surface area (TPSA) is 99.9 Å². The van der Waals surface area contributed by atoms with Crippen LogP contribution in [0.25, 0.3) is 0 Å². The van der Waals surface area contributed by atoms with Crippen LogP contribution in [0.2, 0.25) is 0 Å². The van der Waals surface area contributed by atoms with E-state index in [0.29, 0.717) is 11.6 Å². The molecule has 8 heteroatoms. The zero-order valence-electron chi connectivity index (χ0n) is 12.5. The maximum Gasteiger partial charge on any atom is 0.350 e. The Kier molecular flexibility index (Phi) is 6.44. The summed E-state index contributed by atoms with van der Waals surface area (Å²) in [5, 5.41) is 3.56. The van der Waals surface area contributed by atoms with Crippen molar-refractivity contribution in [2.75, 3.05) is 38.5 Å². The number of anilines is 2. The third-order valence-electron chi connectivity index (χ3n) is 2.59. The summed E-state index contributed by atoms with van der Waals surface area (Å²) in [6.45, 7) is 4.23. The molecule has 1 heterocycles. The monoisotopic (exact) mass is 316 g/mol. The van der Waals surface area contributed by atoms with Crippen LogP contribution in [0.5, 0.6) is 0 Å².